The number of aliphatic hydroxyl groups is 2. The number of anilines is 2. The van der Waals surface area contributed by atoms with Crippen LogP contribution in [-0.4, -0.2) is 142 Å². The molecule has 2 aliphatic heterocycles. The summed E-state index contributed by atoms with van der Waals surface area (Å²) in [4.78, 5) is 83.6. The van der Waals surface area contributed by atoms with Gasteiger partial charge in [0.1, 0.15) is 64.1 Å². The van der Waals surface area contributed by atoms with Gasteiger partial charge in [-0.1, -0.05) is 6.08 Å². The zero-order valence-electron chi connectivity index (χ0n) is 30.7. The van der Waals surface area contributed by atoms with Gasteiger partial charge in [0.05, 0.1) is 25.3 Å². The van der Waals surface area contributed by atoms with Crippen LogP contribution in [0.2, 0.25) is 0 Å². The molecule has 27 nitrogen and oxygen atoms in total. The van der Waals surface area contributed by atoms with Crippen LogP contribution >= 0.6 is 15.6 Å². The predicted molar refractivity (Wildman–Crippen MR) is 197 cm³/mol. The van der Waals surface area contributed by atoms with Gasteiger partial charge in [-0.25, -0.2) is 42.1 Å². The fourth-order valence-corrected chi connectivity index (χ4v) is 7.91. The molecule has 326 valence electrons. The molecule has 1 amide bonds. The molecule has 30 heteroatoms. The van der Waals surface area contributed by atoms with Crippen LogP contribution in [0.25, 0.3) is 11.2 Å². The molecule has 2 saturated heterocycles. The monoisotopic (exact) mass is 897 g/mol. The Hall–Kier alpha value is -4.28. The average Bonchev–Trinajstić information content (AvgIpc) is 3.80. The maximum atomic E-state index is 13.6. The molecule has 5 heterocycles. The summed E-state index contributed by atoms with van der Waals surface area (Å²) in [6, 6.07) is -0.421. The average molecular weight is 898 g/mol. The minimum Gasteiger partial charge on any atom is -0.455 e. The smallest absolute Gasteiger partial charge is 0.455 e. The minimum atomic E-state index is -5.46. The van der Waals surface area contributed by atoms with E-state index in [9.17, 15) is 56.8 Å². The number of nitrogen functional groups attached to an aromatic ring is 2. The fourth-order valence-electron chi connectivity index (χ4n) is 5.94. The molecule has 59 heavy (non-hydrogen) atoms. The number of ether oxygens (including phenoxy) is 3. The van der Waals surface area contributed by atoms with Crippen molar-refractivity contribution in [3.63, 3.8) is 0 Å². The van der Waals surface area contributed by atoms with Crippen LogP contribution < -0.4 is 22.5 Å². The lowest BCUT2D eigenvalue weighted by atomic mass is 10.1. The number of amides is 1. The number of hydrogen-bond donors (Lipinski definition) is 8. The van der Waals surface area contributed by atoms with E-state index in [1.807, 2.05) is 0 Å². The van der Waals surface area contributed by atoms with Crippen molar-refractivity contribution in [3.8, 4) is 0 Å². The lowest BCUT2D eigenvalue weighted by Gasteiger charge is -2.26. The number of phosphoric acid groups is 2. The molecule has 10 atom stereocenters. The van der Waals surface area contributed by atoms with E-state index in [-0.39, 0.29) is 35.6 Å². The van der Waals surface area contributed by atoms with Gasteiger partial charge in [-0.3, -0.25) is 27.5 Å². The van der Waals surface area contributed by atoms with Gasteiger partial charge in [-0.2, -0.15) is 4.98 Å². The van der Waals surface area contributed by atoms with Crippen molar-refractivity contribution in [2.45, 2.75) is 74.4 Å². The van der Waals surface area contributed by atoms with Gasteiger partial charge in [0.25, 0.3) is 0 Å². The zero-order valence-corrected chi connectivity index (χ0v) is 33.3. The highest BCUT2D eigenvalue weighted by Crippen LogP contribution is 2.50. The fraction of sp³-hybridized carbons (Fsp3) is 0.552. The quantitative estimate of drug-likeness (QED) is 0.0341. The van der Waals surface area contributed by atoms with Gasteiger partial charge in [0.15, 0.2) is 30.0 Å². The van der Waals surface area contributed by atoms with Crippen LogP contribution in [-0.2, 0) is 56.3 Å². The maximum Gasteiger partial charge on any atom is 0.472 e. The highest BCUT2D eigenvalue weighted by Gasteiger charge is 2.52. The zero-order chi connectivity index (χ0) is 43.4. The Morgan fingerprint density at radius 1 is 1.03 bits per heavy atom. The Bertz CT molecular complexity index is 2290. The molecule has 10 N–H and O–H groups in total. The Balaban J connectivity index is 1.40. The molecule has 5 rings (SSSR count). The first-order valence-corrected chi connectivity index (χ1v) is 22.2. The van der Waals surface area contributed by atoms with Crippen LogP contribution in [0.3, 0.4) is 0 Å². The summed E-state index contributed by atoms with van der Waals surface area (Å²) in [5, 5.41) is 25.0. The number of nitrogens with one attached hydrogen (secondary N) is 1. The highest BCUT2D eigenvalue weighted by molar-refractivity contribution is 7.90. The largest absolute Gasteiger partial charge is 0.472 e. The van der Waals surface area contributed by atoms with Crippen LogP contribution in [0.1, 0.15) is 31.7 Å². The van der Waals surface area contributed by atoms with Gasteiger partial charge in [0.2, 0.25) is 5.91 Å². The number of nitrogens with zero attached hydrogens (tertiary/aromatic N) is 6. The van der Waals surface area contributed by atoms with Gasteiger partial charge < -0.3 is 55.9 Å². The number of rotatable bonds is 19. The van der Waals surface area contributed by atoms with Crippen LogP contribution in [0.4, 0.5) is 11.6 Å². The van der Waals surface area contributed by atoms with Crippen LogP contribution in [0.15, 0.2) is 42.4 Å². The number of fused-ring (bicyclic) bond motifs is 1. The third-order valence-electron chi connectivity index (χ3n) is 8.69. The molecule has 0 saturated carbocycles. The van der Waals surface area contributed by atoms with Crippen molar-refractivity contribution in [3.05, 3.63) is 48.1 Å². The summed E-state index contributed by atoms with van der Waals surface area (Å²) in [5.41, 5.74) is 10.5. The van der Waals surface area contributed by atoms with Crippen molar-refractivity contribution < 1.29 is 79.8 Å². The number of sulfone groups is 1. The Morgan fingerprint density at radius 3 is 2.32 bits per heavy atom. The highest BCUT2D eigenvalue weighted by atomic mass is 32.2. The maximum absolute atomic E-state index is 13.6. The molecule has 0 aromatic carbocycles. The normalized spacial score (nSPS) is 26.3. The molecule has 0 aliphatic carbocycles. The van der Waals surface area contributed by atoms with Crippen molar-refractivity contribution in [2.75, 3.05) is 36.7 Å². The minimum absolute atomic E-state index is 0.0358. The summed E-state index contributed by atoms with van der Waals surface area (Å²) < 4.78 is 82.7. The van der Waals surface area contributed by atoms with Crippen molar-refractivity contribution in [1.82, 2.24) is 34.4 Å². The van der Waals surface area contributed by atoms with E-state index in [2.05, 4.69) is 36.4 Å². The molecule has 0 bridgehead atoms. The number of aromatic nitrogens is 6. The third kappa shape index (κ3) is 11.7. The van der Waals surface area contributed by atoms with Gasteiger partial charge >= 0.3 is 27.3 Å². The van der Waals surface area contributed by atoms with Crippen molar-refractivity contribution in [1.29, 1.82) is 0 Å². The van der Waals surface area contributed by atoms with Crippen molar-refractivity contribution in [2.24, 2.45) is 0 Å². The number of nitrogens with two attached hydrogens (primary N) is 2. The Kier molecular flexibility index (Phi) is 14.4. The molecular formula is C29H41N9O18P2S. The van der Waals surface area contributed by atoms with Crippen molar-refractivity contribution >= 4 is 60.2 Å². The van der Waals surface area contributed by atoms with Gasteiger partial charge in [-0.15, -0.1) is 6.58 Å². The first kappa shape index (κ1) is 45.8. The molecule has 2 fully saturated rings. The lowest BCUT2D eigenvalue weighted by Crippen LogP contribution is -2.47. The molecular weight excluding hydrogens is 856 g/mol. The summed E-state index contributed by atoms with van der Waals surface area (Å²) in [5.74, 6) is -2.72. The molecule has 0 radical (unpaired) electrons. The molecule has 0 spiro atoms. The first-order chi connectivity index (χ1) is 27.6. The Labute approximate surface area is 333 Å². The molecule has 3 aromatic heterocycles. The van der Waals surface area contributed by atoms with E-state index in [1.165, 1.54) is 10.6 Å². The number of phosphoric ester groups is 2. The summed E-state index contributed by atoms with van der Waals surface area (Å²) in [7, 11) is -14.3. The lowest BCUT2D eigenvalue weighted by molar-refractivity contribution is -0.160. The van der Waals surface area contributed by atoms with E-state index >= 15 is 0 Å². The van der Waals surface area contributed by atoms with Gasteiger partial charge in [-0.05, 0) is 18.9 Å². The second-order valence-electron chi connectivity index (χ2n) is 13.1. The number of aliphatic hydroxyl groups excluding tert-OH is 2. The number of hydrogen-bond acceptors (Lipinski definition) is 21. The van der Waals surface area contributed by atoms with Gasteiger partial charge in [0, 0.05) is 18.9 Å². The third-order valence-corrected chi connectivity index (χ3v) is 11.1. The first-order valence-electron chi connectivity index (χ1n) is 17.2. The number of esters is 1. The summed E-state index contributed by atoms with van der Waals surface area (Å²) in [6.07, 6.45) is -9.04. The second kappa shape index (κ2) is 18.5. The Morgan fingerprint density at radius 2 is 1.68 bits per heavy atom. The number of imidazole rings is 1. The molecule has 3 aromatic rings. The van der Waals surface area contributed by atoms with E-state index in [0.29, 0.717) is 4.57 Å². The summed E-state index contributed by atoms with van der Waals surface area (Å²) in [6.45, 7) is 1.43. The molecule has 2 aliphatic rings. The molecule has 1 unspecified atom stereocenters. The topological polar surface area (TPSA) is 402 Å². The number of allylic oxidation sites excluding steroid dienone is 1. The number of carbonyl (C=O) groups excluding carboxylic acids is 2. The SMILES string of the molecule is C=CCCC(=O)N[C@@H](CCS(C)(=O)=O)C(=O)O[C@H]1[C@@H](O)[C@H](n2cnc3c(N)ncnc32)O[C@@H]1COP(=O)(O)O[C@H]1[C@@H](O)[C@H](n2ccc(N)nc2=O)O[C@@H]1COP(=O)(O)O. The second-order valence-corrected chi connectivity index (χ2v) is 18.0. The predicted octanol–water partition coefficient (Wildman–Crippen LogP) is -2.83. The van der Waals surface area contributed by atoms with E-state index in [0.717, 1.165) is 31.2 Å². The van der Waals surface area contributed by atoms with Crippen LogP contribution in [0.5, 0.6) is 0 Å². The van der Waals surface area contributed by atoms with E-state index in [4.69, 9.17) is 34.7 Å². The summed E-state index contributed by atoms with van der Waals surface area (Å²) >= 11 is 0. The number of carbonyl (C=O) groups is 2. The van der Waals surface area contributed by atoms with Crippen LogP contribution in [0, 0.1) is 0 Å². The van der Waals surface area contributed by atoms with E-state index < -0.39 is 124 Å². The standard InChI is InChI=1S/C29H41N9O18P2S/c1-3-4-5-18(39)35-14(7-9-59(2,49)50)28(42)55-22-15(53-27(20(22)40)38-13-34-19-24(31)32-12-33-25(19)38)11-52-58(47,48)56-23-16(10-51-57(44,45)46)54-26(21(23)41)37-8-6-17(30)36-29(37)43/h3,6,8,12-16,20-23,26-27,40-41H,1,4-5,7,9-11H2,2H3,(H,35,39)(H,47,48)(H2,30,36,43)(H2,31,32,33)(H2,44,45,46)/t14-,15+,16+,20+,21+,22+,23+,26+,27+/m0/s1. The van der Waals surface area contributed by atoms with E-state index in [1.54, 1.807) is 0 Å².